The van der Waals surface area contributed by atoms with Crippen LogP contribution < -0.4 is 10.1 Å². The lowest BCUT2D eigenvalue weighted by Crippen LogP contribution is -2.44. The molecular weight excluding hydrogens is 572 g/mol. The summed E-state index contributed by atoms with van der Waals surface area (Å²) in [7, 11) is 0. The minimum Gasteiger partial charge on any atom is -0.489 e. The van der Waals surface area contributed by atoms with E-state index in [-0.39, 0.29) is 30.6 Å². The van der Waals surface area contributed by atoms with E-state index in [1.165, 1.54) is 0 Å². The van der Waals surface area contributed by atoms with Crippen molar-refractivity contribution in [2.75, 3.05) is 13.1 Å². The second kappa shape index (κ2) is 14.7. The molecule has 2 amide bonds. The predicted octanol–water partition coefficient (Wildman–Crippen LogP) is 5.40. The summed E-state index contributed by atoms with van der Waals surface area (Å²) in [6, 6.07) is 24.1. The molecule has 1 heterocycles. The van der Waals surface area contributed by atoms with Crippen LogP contribution in [-0.4, -0.2) is 46.9 Å². The largest absolute Gasteiger partial charge is 0.489 e. The van der Waals surface area contributed by atoms with Gasteiger partial charge in [-0.2, -0.15) is 0 Å². The molecule has 0 unspecified atom stereocenters. The SMILES string of the molecule is O=C(CC1CCN(C(=O)CCc2ccc(Br)cc2)CC1)N[C@@H](Cc1ccc(OCc2ccccc2)cc1)C(=O)O. The van der Waals surface area contributed by atoms with Gasteiger partial charge in [0.2, 0.25) is 11.8 Å². The molecule has 3 aromatic carbocycles. The van der Waals surface area contributed by atoms with Gasteiger partial charge in [-0.1, -0.05) is 70.5 Å². The van der Waals surface area contributed by atoms with E-state index in [2.05, 4.69) is 21.2 Å². The third-order valence-electron chi connectivity index (χ3n) is 7.23. The number of carboxylic acids is 1. The second-order valence-corrected chi connectivity index (χ2v) is 11.2. The number of hydrogen-bond donors (Lipinski definition) is 2. The number of aliphatic carboxylic acids is 1. The Morgan fingerprint density at radius 3 is 2.20 bits per heavy atom. The number of piperidine rings is 1. The number of nitrogens with one attached hydrogen (secondary N) is 1. The number of benzene rings is 3. The molecule has 1 aliphatic rings. The molecule has 0 spiro atoms. The molecule has 0 aromatic heterocycles. The zero-order chi connectivity index (χ0) is 28.3. The zero-order valence-corrected chi connectivity index (χ0v) is 24.0. The Bertz CT molecular complexity index is 1260. The average molecular weight is 608 g/mol. The highest BCUT2D eigenvalue weighted by atomic mass is 79.9. The number of hydrogen-bond acceptors (Lipinski definition) is 4. The molecule has 7 nitrogen and oxygen atoms in total. The van der Waals surface area contributed by atoms with Gasteiger partial charge in [0.15, 0.2) is 0 Å². The Labute approximate surface area is 243 Å². The molecule has 1 aliphatic heterocycles. The van der Waals surface area contributed by atoms with Gasteiger partial charge in [-0.25, -0.2) is 4.79 Å². The summed E-state index contributed by atoms with van der Waals surface area (Å²) in [6.07, 6.45) is 3.09. The Hall–Kier alpha value is -3.65. The predicted molar refractivity (Wildman–Crippen MR) is 157 cm³/mol. The van der Waals surface area contributed by atoms with E-state index in [0.717, 1.165) is 34.0 Å². The number of carbonyl (C=O) groups is 3. The summed E-state index contributed by atoms with van der Waals surface area (Å²) in [5, 5.41) is 12.4. The van der Waals surface area contributed by atoms with Gasteiger partial charge in [-0.05, 0) is 66.1 Å². The van der Waals surface area contributed by atoms with Crippen molar-refractivity contribution in [2.24, 2.45) is 5.92 Å². The second-order valence-electron chi connectivity index (χ2n) is 10.2. The third kappa shape index (κ3) is 9.23. The Kier molecular flexibility index (Phi) is 10.7. The fourth-order valence-corrected chi connectivity index (χ4v) is 5.13. The Morgan fingerprint density at radius 2 is 1.55 bits per heavy atom. The third-order valence-corrected chi connectivity index (χ3v) is 7.76. The molecular formula is C32H35BrN2O5. The van der Waals surface area contributed by atoms with E-state index in [1.54, 1.807) is 0 Å². The highest BCUT2D eigenvalue weighted by Gasteiger charge is 2.26. The van der Waals surface area contributed by atoms with E-state index < -0.39 is 12.0 Å². The van der Waals surface area contributed by atoms with Crippen LogP contribution >= 0.6 is 15.9 Å². The van der Waals surface area contributed by atoms with Crippen molar-refractivity contribution in [2.45, 2.75) is 51.2 Å². The zero-order valence-electron chi connectivity index (χ0n) is 22.4. The van der Waals surface area contributed by atoms with Crippen molar-refractivity contribution in [3.05, 3.63) is 100 Å². The van der Waals surface area contributed by atoms with Crippen molar-refractivity contribution in [3.63, 3.8) is 0 Å². The Balaban J connectivity index is 1.18. The Morgan fingerprint density at radius 1 is 0.900 bits per heavy atom. The lowest BCUT2D eigenvalue weighted by Gasteiger charge is -2.32. The molecule has 1 saturated heterocycles. The van der Waals surface area contributed by atoms with E-state index in [4.69, 9.17) is 4.74 Å². The molecule has 1 atom stereocenters. The molecule has 4 rings (SSSR count). The monoisotopic (exact) mass is 606 g/mol. The molecule has 0 bridgehead atoms. The number of likely N-dealkylation sites (tertiary alicyclic amines) is 1. The molecule has 210 valence electrons. The maximum Gasteiger partial charge on any atom is 0.326 e. The van der Waals surface area contributed by atoms with E-state index in [9.17, 15) is 19.5 Å². The summed E-state index contributed by atoms with van der Waals surface area (Å²) in [4.78, 5) is 39.1. The topological polar surface area (TPSA) is 95.9 Å². The lowest BCUT2D eigenvalue weighted by atomic mass is 9.92. The van der Waals surface area contributed by atoms with Gasteiger partial charge in [0.05, 0.1) is 0 Å². The van der Waals surface area contributed by atoms with Crippen LogP contribution in [0.3, 0.4) is 0 Å². The van der Waals surface area contributed by atoms with Gasteiger partial charge >= 0.3 is 5.97 Å². The molecule has 1 fully saturated rings. The quantitative estimate of drug-likeness (QED) is 0.288. The number of carboxylic acid groups (broad SMARTS) is 1. The van der Waals surface area contributed by atoms with Gasteiger partial charge in [-0.15, -0.1) is 0 Å². The van der Waals surface area contributed by atoms with E-state index >= 15 is 0 Å². The number of ether oxygens (including phenoxy) is 1. The molecule has 2 N–H and O–H groups in total. The normalized spacial score (nSPS) is 14.4. The molecule has 8 heteroatoms. The minimum absolute atomic E-state index is 0.131. The number of halogens is 1. The van der Waals surface area contributed by atoms with Crippen LogP contribution in [0.15, 0.2) is 83.3 Å². The first-order chi connectivity index (χ1) is 19.4. The summed E-state index contributed by atoms with van der Waals surface area (Å²) in [6.45, 7) is 1.70. The average Bonchev–Trinajstić information content (AvgIpc) is 2.97. The number of rotatable bonds is 12. The van der Waals surface area contributed by atoms with Crippen molar-refractivity contribution in [1.82, 2.24) is 10.2 Å². The van der Waals surface area contributed by atoms with Crippen LogP contribution in [0.2, 0.25) is 0 Å². The smallest absolute Gasteiger partial charge is 0.326 e. The number of nitrogens with zero attached hydrogens (tertiary/aromatic N) is 1. The van der Waals surface area contributed by atoms with E-state index in [0.29, 0.717) is 38.3 Å². The maximum atomic E-state index is 12.7. The summed E-state index contributed by atoms with van der Waals surface area (Å²) >= 11 is 3.42. The lowest BCUT2D eigenvalue weighted by molar-refractivity contribution is -0.142. The van der Waals surface area contributed by atoms with Crippen molar-refractivity contribution in [3.8, 4) is 5.75 Å². The van der Waals surface area contributed by atoms with E-state index in [1.807, 2.05) is 83.8 Å². The number of amides is 2. The standard InChI is InChI=1S/C32H35BrN2O5/c33-27-11-6-23(7-12-27)10-15-31(37)35-18-16-25(17-19-35)21-30(36)34-29(32(38)39)20-24-8-13-28(14-9-24)40-22-26-4-2-1-3-5-26/h1-9,11-14,25,29H,10,15-22H2,(H,34,36)(H,38,39)/t29-/m0/s1. The highest BCUT2D eigenvalue weighted by Crippen LogP contribution is 2.22. The van der Waals surface area contributed by atoms with Crippen LogP contribution in [-0.2, 0) is 33.8 Å². The molecule has 40 heavy (non-hydrogen) atoms. The van der Waals surface area contributed by atoms with Crippen molar-refractivity contribution < 1.29 is 24.2 Å². The van der Waals surface area contributed by atoms with Crippen LogP contribution in [0.5, 0.6) is 5.75 Å². The fourth-order valence-electron chi connectivity index (χ4n) is 4.86. The van der Waals surface area contributed by atoms with Crippen LogP contribution in [0.1, 0.15) is 42.4 Å². The molecule has 0 saturated carbocycles. The maximum absolute atomic E-state index is 12.7. The van der Waals surface area contributed by atoms with Gasteiger partial charge in [-0.3, -0.25) is 9.59 Å². The van der Waals surface area contributed by atoms with Crippen LogP contribution in [0, 0.1) is 5.92 Å². The molecule has 3 aromatic rings. The number of aryl methyl sites for hydroxylation is 1. The first kappa shape index (κ1) is 29.3. The van der Waals surface area contributed by atoms with Crippen LogP contribution in [0.25, 0.3) is 0 Å². The molecule has 0 radical (unpaired) electrons. The highest BCUT2D eigenvalue weighted by molar-refractivity contribution is 9.10. The van der Waals surface area contributed by atoms with Gasteiger partial charge in [0.1, 0.15) is 18.4 Å². The van der Waals surface area contributed by atoms with Crippen molar-refractivity contribution >= 4 is 33.7 Å². The first-order valence-corrected chi connectivity index (χ1v) is 14.4. The summed E-state index contributed by atoms with van der Waals surface area (Å²) in [5.74, 6) is -0.375. The first-order valence-electron chi connectivity index (χ1n) is 13.7. The number of carbonyl (C=O) groups excluding carboxylic acids is 2. The minimum atomic E-state index is -1.07. The summed E-state index contributed by atoms with van der Waals surface area (Å²) < 4.78 is 6.81. The fraction of sp³-hybridized carbons (Fsp3) is 0.344. The van der Waals surface area contributed by atoms with Crippen LogP contribution in [0.4, 0.5) is 0 Å². The van der Waals surface area contributed by atoms with Gasteiger partial charge in [0, 0.05) is 36.8 Å². The van der Waals surface area contributed by atoms with Gasteiger partial charge in [0.25, 0.3) is 0 Å². The summed E-state index contributed by atoms with van der Waals surface area (Å²) in [5.41, 5.74) is 2.99. The van der Waals surface area contributed by atoms with Crippen molar-refractivity contribution in [1.29, 1.82) is 0 Å². The molecule has 0 aliphatic carbocycles. The van der Waals surface area contributed by atoms with Gasteiger partial charge < -0.3 is 20.1 Å².